The summed E-state index contributed by atoms with van der Waals surface area (Å²) < 4.78 is 0.942. The van der Waals surface area contributed by atoms with E-state index in [-0.39, 0.29) is 18.6 Å². The van der Waals surface area contributed by atoms with Gasteiger partial charge in [0.05, 0.1) is 12.6 Å². The maximum Gasteiger partial charge on any atom is 0.251 e. The van der Waals surface area contributed by atoms with Crippen molar-refractivity contribution in [1.82, 2.24) is 15.3 Å². The van der Waals surface area contributed by atoms with Gasteiger partial charge in [-0.25, -0.2) is 9.97 Å². The fourth-order valence-corrected chi connectivity index (χ4v) is 3.43. The SMILES string of the molecule is O=C(NCCNc1cc(N2CCCCC2CO)ncn1)c1ccc(Br)cc1. The number of hydrogen-bond donors (Lipinski definition) is 3. The lowest BCUT2D eigenvalue weighted by atomic mass is 10.0. The van der Waals surface area contributed by atoms with E-state index in [4.69, 9.17) is 0 Å². The molecule has 3 N–H and O–H groups in total. The predicted molar refractivity (Wildman–Crippen MR) is 109 cm³/mol. The van der Waals surface area contributed by atoms with Crippen molar-refractivity contribution in [2.75, 3.05) is 36.5 Å². The molecule has 1 aliphatic heterocycles. The van der Waals surface area contributed by atoms with E-state index in [0.29, 0.717) is 24.5 Å². The molecule has 0 aliphatic carbocycles. The van der Waals surface area contributed by atoms with Gasteiger partial charge < -0.3 is 20.6 Å². The zero-order valence-corrected chi connectivity index (χ0v) is 16.7. The molecule has 0 radical (unpaired) electrons. The van der Waals surface area contributed by atoms with Crippen molar-refractivity contribution < 1.29 is 9.90 Å². The van der Waals surface area contributed by atoms with Gasteiger partial charge in [-0.2, -0.15) is 0 Å². The standard InChI is InChI=1S/C19H24BrN5O2/c20-15-6-4-14(5-7-15)19(27)22-9-8-21-17-11-18(24-13-23-17)25-10-2-1-3-16(25)12-26/h4-7,11,13,16,26H,1-3,8-10,12H2,(H,22,27)(H,21,23,24). The Hall–Kier alpha value is -2.19. The van der Waals surface area contributed by atoms with E-state index in [1.54, 1.807) is 12.1 Å². The van der Waals surface area contributed by atoms with Crippen LogP contribution in [0.3, 0.4) is 0 Å². The molecule has 1 aromatic heterocycles. The van der Waals surface area contributed by atoms with Gasteiger partial charge in [0.15, 0.2) is 0 Å². The zero-order valence-electron chi connectivity index (χ0n) is 15.1. The molecule has 1 fully saturated rings. The van der Waals surface area contributed by atoms with E-state index in [2.05, 4.69) is 41.4 Å². The van der Waals surface area contributed by atoms with Gasteiger partial charge >= 0.3 is 0 Å². The Morgan fingerprint density at radius 3 is 2.81 bits per heavy atom. The Kier molecular flexibility index (Phi) is 7.00. The Labute approximate surface area is 167 Å². The molecule has 27 heavy (non-hydrogen) atoms. The Morgan fingerprint density at radius 1 is 1.22 bits per heavy atom. The van der Waals surface area contributed by atoms with E-state index >= 15 is 0 Å². The quantitative estimate of drug-likeness (QED) is 0.580. The molecule has 1 atom stereocenters. The topological polar surface area (TPSA) is 90.4 Å². The number of aliphatic hydroxyl groups is 1. The van der Waals surface area contributed by atoms with Crippen LogP contribution in [-0.2, 0) is 0 Å². The molecule has 0 spiro atoms. The molecule has 1 unspecified atom stereocenters. The minimum atomic E-state index is -0.105. The zero-order chi connectivity index (χ0) is 19.1. The molecule has 1 aliphatic rings. The van der Waals surface area contributed by atoms with E-state index < -0.39 is 0 Å². The summed E-state index contributed by atoms with van der Waals surface area (Å²) in [5.74, 6) is 1.43. The van der Waals surface area contributed by atoms with Crippen molar-refractivity contribution in [3.05, 3.63) is 46.7 Å². The van der Waals surface area contributed by atoms with Crippen molar-refractivity contribution in [2.24, 2.45) is 0 Å². The lowest BCUT2D eigenvalue weighted by Gasteiger charge is -2.35. The number of benzene rings is 1. The third-order valence-electron chi connectivity index (χ3n) is 4.61. The molecule has 1 amide bonds. The van der Waals surface area contributed by atoms with Crippen molar-refractivity contribution in [1.29, 1.82) is 0 Å². The van der Waals surface area contributed by atoms with Gasteiger partial charge in [-0.15, -0.1) is 0 Å². The van der Waals surface area contributed by atoms with Gasteiger partial charge in [-0.1, -0.05) is 15.9 Å². The summed E-state index contributed by atoms with van der Waals surface area (Å²) in [6.45, 7) is 2.07. The summed E-state index contributed by atoms with van der Waals surface area (Å²) >= 11 is 3.36. The minimum absolute atomic E-state index is 0.105. The first-order valence-corrected chi connectivity index (χ1v) is 9.94. The van der Waals surface area contributed by atoms with Crippen molar-refractivity contribution >= 4 is 33.5 Å². The maximum absolute atomic E-state index is 12.1. The molecule has 0 saturated carbocycles. The van der Waals surface area contributed by atoms with Gasteiger partial charge in [0.1, 0.15) is 18.0 Å². The second kappa shape index (κ2) is 9.66. The number of nitrogens with one attached hydrogen (secondary N) is 2. The fourth-order valence-electron chi connectivity index (χ4n) is 3.16. The van der Waals surface area contributed by atoms with Crippen LogP contribution in [0.2, 0.25) is 0 Å². The molecule has 3 rings (SSSR count). The van der Waals surface area contributed by atoms with Crippen LogP contribution in [-0.4, -0.2) is 53.3 Å². The van der Waals surface area contributed by atoms with Crippen LogP contribution in [0.5, 0.6) is 0 Å². The van der Waals surface area contributed by atoms with Crippen LogP contribution in [0.4, 0.5) is 11.6 Å². The number of carbonyl (C=O) groups excluding carboxylic acids is 1. The number of anilines is 2. The van der Waals surface area contributed by atoms with Crippen LogP contribution in [0, 0.1) is 0 Å². The lowest BCUT2D eigenvalue weighted by molar-refractivity contribution is 0.0955. The summed E-state index contributed by atoms with van der Waals surface area (Å²) in [5.41, 5.74) is 0.627. The summed E-state index contributed by atoms with van der Waals surface area (Å²) in [4.78, 5) is 22.8. The molecular formula is C19H24BrN5O2. The Bertz CT molecular complexity index is 756. The minimum Gasteiger partial charge on any atom is -0.394 e. The van der Waals surface area contributed by atoms with Gasteiger partial charge in [-0.3, -0.25) is 4.79 Å². The number of hydrogen-bond acceptors (Lipinski definition) is 6. The highest BCUT2D eigenvalue weighted by Crippen LogP contribution is 2.23. The average molecular weight is 434 g/mol. The highest BCUT2D eigenvalue weighted by molar-refractivity contribution is 9.10. The molecule has 144 valence electrons. The lowest BCUT2D eigenvalue weighted by Crippen LogP contribution is -2.42. The third-order valence-corrected chi connectivity index (χ3v) is 5.14. The molecule has 8 heteroatoms. The normalized spacial score (nSPS) is 16.8. The Balaban J connectivity index is 1.50. The molecule has 1 aromatic carbocycles. The van der Waals surface area contributed by atoms with E-state index in [1.807, 2.05) is 18.2 Å². The smallest absolute Gasteiger partial charge is 0.251 e. The van der Waals surface area contributed by atoms with Gasteiger partial charge in [0.2, 0.25) is 0 Å². The molecular weight excluding hydrogens is 410 g/mol. The highest BCUT2D eigenvalue weighted by atomic mass is 79.9. The van der Waals surface area contributed by atoms with Crippen LogP contribution in [0.25, 0.3) is 0 Å². The van der Waals surface area contributed by atoms with Gasteiger partial charge in [0, 0.05) is 35.7 Å². The summed E-state index contributed by atoms with van der Waals surface area (Å²) in [7, 11) is 0. The molecule has 2 aromatic rings. The number of carbonyl (C=O) groups is 1. The monoisotopic (exact) mass is 433 g/mol. The van der Waals surface area contributed by atoms with Crippen molar-refractivity contribution in [3.63, 3.8) is 0 Å². The first kappa shape index (κ1) is 19.6. The largest absolute Gasteiger partial charge is 0.394 e. The summed E-state index contributed by atoms with van der Waals surface area (Å²) in [6, 6.07) is 9.25. The predicted octanol–water partition coefficient (Wildman–Crippen LogP) is 2.43. The second-order valence-electron chi connectivity index (χ2n) is 6.48. The van der Waals surface area contributed by atoms with Crippen LogP contribution in [0.15, 0.2) is 41.1 Å². The van der Waals surface area contributed by atoms with Crippen LogP contribution in [0.1, 0.15) is 29.6 Å². The van der Waals surface area contributed by atoms with Crippen LogP contribution >= 0.6 is 15.9 Å². The van der Waals surface area contributed by atoms with Crippen LogP contribution < -0.4 is 15.5 Å². The van der Waals surface area contributed by atoms with E-state index in [9.17, 15) is 9.90 Å². The Morgan fingerprint density at radius 2 is 2.04 bits per heavy atom. The number of amides is 1. The average Bonchev–Trinajstić information content (AvgIpc) is 2.71. The number of aliphatic hydroxyl groups excluding tert-OH is 1. The van der Waals surface area contributed by atoms with E-state index in [1.165, 1.54) is 6.33 Å². The summed E-state index contributed by atoms with van der Waals surface area (Å²) in [5, 5.41) is 15.7. The second-order valence-corrected chi connectivity index (χ2v) is 7.39. The number of nitrogens with zero attached hydrogens (tertiary/aromatic N) is 3. The molecule has 0 bridgehead atoms. The first-order chi connectivity index (χ1) is 13.2. The maximum atomic E-state index is 12.1. The van der Waals surface area contributed by atoms with E-state index in [0.717, 1.165) is 36.1 Å². The van der Waals surface area contributed by atoms with Crippen molar-refractivity contribution in [2.45, 2.75) is 25.3 Å². The summed E-state index contributed by atoms with van der Waals surface area (Å²) in [6.07, 6.45) is 4.74. The first-order valence-electron chi connectivity index (χ1n) is 9.14. The van der Waals surface area contributed by atoms with Gasteiger partial charge in [0.25, 0.3) is 5.91 Å². The highest BCUT2D eigenvalue weighted by Gasteiger charge is 2.23. The molecule has 2 heterocycles. The number of piperidine rings is 1. The molecule has 7 nitrogen and oxygen atoms in total. The number of halogens is 1. The van der Waals surface area contributed by atoms with Crippen molar-refractivity contribution in [3.8, 4) is 0 Å². The number of aromatic nitrogens is 2. The number of rotatable bonds is 7. The van der Waals surface area contributed by atoms with Gasteiger partial charge in [-0.05, 0) is 43.5 Å². The third kappa shape index (κ3) is 5.40. The fraction of sp³-hybridized carbons (Fsp3) is 0.421. The molecule has 1 saturated heterocycles.